The summed E-state index contributed by atoms with van der Waals surface area (Å²) < 4.78 is 0. The van der Waals surface area contributed by atoms with Crippen molar-refractivity contribution >= 4 is 17.5 Å². The molecule has 0 radical (unpaired) electrons. The third kappa shape index (κ3) is 2.98. The number of hydrogen-bond acceptors (Lipinski definition) is 2. The second-order valence-electron chi connectivity index (χ2n) is 4.21. The van der Waals surface area contributed by atoms with Gasteiger partial charge in [-0.1, -0.05) is 36.4 Å². The summed E-state index contributed by atoms with van der Waals surface area (Å²) in [6, 6.07) is 15.3. The van der Waals surface area contributed by atoms with Crippen molar-refractivity contribution in [1.82, 2.24) is 0 Å². The number of rotatable bonds is 2. The van der Waals surface area contributed by atoms with Crippen LogP contribution in [0.15, 0.2) is 48.5 Å². The summed E-state index contributed by atoms with van der Waals surface area (Å²) in [5.74, 6) is -1.81. The van der Waals surface area contributed by atoms with Crippen molar-refractivity contribution in [3.63, 3.8) is 0 Å². The molecule has 2 amide bonds. The molecule has 0 bridgehead atoms. The molecule has 2 aromatic rings. The third-order valence-electron chi connectivity index (χ3n) is 2.82. The van der Waals surface area contributed by atoms with Crippen LogP contribution in [0.25, 0.3) is 11.1 Å². The number of aryl methyl sites for hydroxylation is 1. The fraction of sp³-hybridized carbons (Fsp3) is 0.0667. The second-order valence-corrected chi connectivity index (χ2v) is 4.21. The van der Waals surface area contributed by atoms with Gasteiger partial charge in [-0.2, -0.15) is 0 Å². The topological polar surface area (TPSA) is 72.2 Å². The molecule has 0 aliphatic rings. The fourth-order valence-corrected chi connectivity index (χ4v) is 1.82. The molecule has 0 unspecified atom stereocenters. The summed E-state index contributed by atoms with van der Waals surface area (Å²) >= 11 is 0. The molecule has 0 saturated heterocycles. The Kier molecular flexibility index (Phi) is 3.61. The van der Waals surface area contributed by atoms with Crippen LogP contribution in [-0.2, 0) is 9.59 Å². The molecule has 0 atom stereocenters. The number of amides is 2. The van der Waals surface area contributed by atoms with Gasteiger partial charge in [-0.3, -0.25) is 9.59 Å². The zero-order valence-electron chi connectivity index (χ0n) is 10.5. The predicted molar refractivity (Wildman–Crippen MR) is 74.4 cm³/mol. The number of benzene rings is 2. The van der Waals surface area contributed by atoms with Gasteiger partial charge < -0.3 is 11.1 Å². The summed E-state index contributed by atoms with van der Waals surface area (Å²) in [5.41, 5.74) is 8.78. The number of carbonyl (C=O) groups is 2. The normalized spacial score (nSPS) is 9.95. The lowest BCUT2D eigenvalue weighted by Gasteiger charge is -2.07. The van der Waals surface area contributed by atoms with E-state index in [0.29, 0.717) is 5.69 Å². The minimum absolute atomic E-state index is 0.543. The van der Waals surface area contributed by atoms with Crippen molar-refractivity contribution in [3.8, 4) is 11.1 Å². The minimum Gasteiger partial charge on any atom is -0.361 e. The fourth-order valence-electron chi connectivity index (χ4n) is 1.82. The highest BCUT2D eigenvalue weighted by molar-refractivity contribution is 6.39. The van der Waals surface area contributed by atoms with Gasteiger partial charge in [0.1, 0.15) is 0 Å². The highest BCUT2D eigenvalue weighted by Gasteiger charge is 2.08. The molecule has 4 heteroatoms. The van der Waals surface area contributed by atoms with Crippen LogP contribution in [0.2, 0.25) is 0 Å². The Bertz CT molecular complexity index is 618. The van der Waals surface area contributed by atoms with E-state index in [1.807, 2.05) is 43.3 Å². The Balaban J connectivity index is 2.22. The van der Waals surface area contributed by atoms with E-state index in [1.54, 1.807) is 12.1 Å². The van der Waals surface area contributed by atoms with Gasteiger partial charge >= 0.3 is 11.8 Å². The van der Waals surface area contributed by atoms with Crippen LogP contribution in [0, 0.1) is 6.92 Å². The van der Waals surface area contributed by atoms with Crippen molar-refractivity contribution in [1.29, 1.82) is 0 Å². The standard InChI is InChI=1S/C15H14N2O2/c1-10-4-2-3-5-13(10)11-6-8-12(9-7-11)17-15(19)14(16)18/h2-9H,1H3,(H2,16,18)(H,17,19). The Morgan fingerprint density at radius 1 is 1.00 bits per heavy atom. The van der Waals surface area contributed by atoms with Gasteiger partial charge in [0.15, 0.2) is 0 Å². The van der Waals surface area contributed by atoms with Gasteiger partial charge in [0.2, 0.25) is 0 Å². The first-order valence-corrected chi connectivity index (χ1v) is 5.85. The zero-order valence-corrected chi connectivity index (χ0v) is 10.5. The second kappa shape index (κ2) is 5.35. The molecule has 19 heavy (non-hydrogen) atoms. The maximum atomic E-state index is 11.1. The van der Waals surface area contributed by atoms with Crippen LogP contribution in [0.4, 0.5) is 5.69 Å². The Hall–Kier alpha value is -2.62. The summed E-state index contributed by atoms with van der Waals surface area (Å²) in [4.78, 5) is 21.8. The molecular formula is C15H14N2O2. The quantitative estimate of drug-likeness (QED) is 0.805. The molecular weight excluding hydrogens is 240 g/mol. The average Bonchev–Trinajstić information content (AvgIpc) is 2.40. The van der Waals surface area contributed by atoms with E-state index in [0.717, 1.165) is 11.1 Å². The lowest BCUT2D eigenvalue weighted by molar-refractivity contribution is -0.134. The summed E-state index contributed by atoms with van der Waals surface area (Å²) in [6.07, 6.45) is 0. The van der Waals surface area contributed by atoms with Crippen molar-refractivity contribution in [3.05, 3.63) is 54.1 Å². The molecule has 2 aromatic carbocycles. The zero-order chi connectivity index (χ0) is 13.8. The molecule has 4 nitrogen and oxygen atoms in total. The molecule has 3 N–H and O–H groups in total. The molecule has 0 spiro atoms. The van der Waals surface area contributed by atoms with Gasteiger partial charge in [0.25, 0.3) is 0 Å². The minimum atomic E-state index is -0.997. The van der Waals surface area contributed by atoms with E-state index in [2.05, 4.69) is 5.32 Å². The number of nitrogens with one attached hydrogen (secondary N) is 1. The first kappa shape index (κ1) is 12.8. The Morgan fingerprint density at radius 3 is 2.21 bits per heavy atom. The number of hydrogen-bond donors (Lipinski definition) is 2. The summed E-state index contributed by atoms with van der Waals surface area (Å²) in [6.45, 7) is 2.04. The van der Waals surface area contributed by atoms with Crippen LogP contribution >= 0.6 is 0 Å². The monoisotopic (exact) mass is 254 g/mol. The first-order valence-electron chi connectivity index (χ1n) is 5.85. The van der Waals surface area contributed by atoms with Gasteiger partial charge in [0, 0.05) is 5.69 Å². The summed E-state index contributed by atoms with van der Waals surface area (Å²) in [5, 5.41) is 2.42. The van der Waals surface area contributed by atoms with Gasteiger partial charge in [-0.05, 0) is 35.7 Å². The molecule has 0 saturated carbocycles. The van der Waals surface area contributed by atoms with Crippen LogP contribution < -0.4 is 11.1 Å². The average molecular weight is 254 g/mol. The number of anilines is 1. The van der Waals surface area contributed by atoms with Crippen LogP contribution in [0.3, 0.4) is 0 Å². The first-order chi connectivity index (χ1) is 9.08. The summed E-state index contributed by atoms with van der Waals surface area (Å²) in [7, 11) is 0. The SMILES string of the molecule is Cc1ccccc1-c1ccc(NC(=O)C(N)=O)cc1. The molecule has 0 aliphatic heterocycles. The van der Waals surface area contributed by atoms with E-state index in [9.17, 15) is 9.59 Å². The van der Waals surface area contributed by atoms with E-state index < -0.39 is 11.8 Å². The maximum absolute atomic E-state index is 11.1. The molecule has 96 valence electrons. The molecule has 2 rings (SSSR count). The predicted octanol–water partition coefficient (Wildman–Crippen LogP) is 2.09. The van der Waals surface area contributed by atoms with Crippen molar-refractivity contribution in [2.45, 2.75) is 6.92 Å². The molecule has 0 aliphatic carbocycles. The number of primary amides is 1. The molecule has 0 fully saturated rings. The smallest absolute Gasteiger partial charge is 0.313 e. The van der Waals surface area contributed by atoms with Crippen molar-refractivity contribution in [2.24, 2.45) is 5.73 Å². The lowest BCUT2D eigenvalue weighted by Crippen LogP contribution is -2.29. The van der Waals surface area contributed by atoms with Crippen LogP contribution in [0.5, 0.6) is 0 Å². The molecule has 0 heterocycles. The van der Waals surface area contributed by atoms with Crippen molar-refractivity contribution < 1.29 is 9.59 Å². The highest BCUT2D eigenvalue weighted by Crippen LogP contribution is 2.24. The maximum Gasteiger partial charge on any atom is 0.313 e. The Labute approximate surface area is 111 Å². The van der Waals surface area contributed by atoms with E-state index in [4.69, 9.17) is 5.73 Å². The number of nitrogens with two attached hydrogens (primary N) is 1. The van der Waals surface area contributed by atoms with Crippen LogP contribution in [-0.4, -0.2) is 11.8 Å². The van der Waals surface area contributed by atoms with E-state index in [1.165, 1.54) is 5.56 Å². The largest absolute Gasteiger partial charge is 0.361 e. The van der Waals surface area contributed by atoms with Crippen molar-refractivity contribution in [2.75, 3.05) is 5.32 Å². The van der Waals surface area contributed by atoms with Gasteiger partial charge in [-0.25, -0.2) is 0 Å². The third-order valence-corrected chi connectivity index (χ3v) is 2.82. The Morgan fingerprint density at radius 2 is 1.63 bits per heavy atom. The van der Waals surface area contributed by atoms with Gasteiger partial charge in [-0.15, -0.1) is 0 Å². The van der Waals surface area contributed by atoms with Crippen LogP contribution in [0.1, 0.15) is 5.56 Å². The van der Waals surface area contributed by atoms with E-state index in [-0.39, 0.29) is 0 Å². The molecule has 0 aromatic heterocycles. The van der Waals surface area contributed by atoms with E-state index >= 15 is 0 Å². The van der Waals surface area contributed by atoms with Gasteiger partial charge in [0.05, 0.1) is 0 Å². The number of carbonyl (C=O) groups excluding carboxylic acids is 2. The highest BCUT2D eigenvalue weighted by atomic mass is 16.2. The lowest BCUT2D eigenvalue weighted by atomic mass is 10.0.